The number of carbonyl (C=O) groups is 1. The number of hydrogen-bond acceptors (Lipinski definition) is 6. The maximum atomic E-state index is 12.0. The normalized spacial score (nSPS) is 13.8. The molecule has 1 aliphatic rings. The summed E-state index contributed by atoms with van der Waals surface area (Å²) in [6, 6.07) is 18.1. The van der Waals surface area contributed by atoms with E-state index in [1.807, 2.05) is 18.2 Å². The summed E-state index contributed by atoms with van der Waals surface area (Å²) in [5.41, 5.74) is 8.68. The molecule has 138 valence electrons. The highest BCUT2D eigenvalue weighted by Gasteiger charge is 2.21. The zero-order valence-corrected chi connectivity index (χ0v) is 15.0. The molecule has 4 rings (SSSR count). The lowest BCUT2D eigenvalue weighted by Gasteiger charge is -2.22. The van der Waals surface area contributed by atoms with E-state index in [2.05, 4.69) is 11.1 Å². The van der Waals surface area contributed by atoms with Crippen molar-refractivity contribution < 1.29 is 14.3 Å². The van der Waals surface area contributed by atoms with E-state index in [-0.39, 0.29) is 5.78 Å². The molecular weight excluding hydrogens is 354 g/mol. The van der Waals surface area contributed by atoms with Crippen molar-refractivity contribution in [2.24, 2.45) is 0 Å². The maximum absolute atomic E-state index is 12.0. The molecule has 0 saturated heterocycles. The molecule has 0 unspecified atom stereocenters. The van der Waals surface area contributed by atoms with Crippen molar-refractivity contribution in [1.82, 2.24) is 4.98 Å². The lowest BCUT2D eigenvalue weighted by atomic mass is 10.0. The van der Waals surface area contributed by atoms with Crippen LogP contribution in [-0.4, -0.2) is 17.4 Å². The van der Waals surface area contributed by atoms with Gasteiger partial charge in [-0.2, -0.15) is 5.26 Å². The zero-order valence-electron chi connectivity index (χ0n) is 15.0. The second kappa shape index (κ2) is 7.41. The molecule has 2 aromatic carbocycles. The number of nitrogens with zero attached hydrogens (tertiary/aromatic N) is 2. The number of ketones is 1. The molecule has 28 heavy (non-hydrogen) atoms. The van der Waals surface area contributed by atoms with Crippen LogP contribution in [0.25, 0.3) is 0 Å². The first kappa shape index (κ1) is 17.6. The van der Waals surface area contributed by atoms with Crippen LogP contribution in [0.15, 0.2) is 60.8 Å². The molecule has 2 heterocycles. The van der Waals surface area contributed by atoms with Gasteiger partial charge in [-0.15, -0.1) is 0 Å². The van der Waals surface area contributed by atoms with Gasteiger partial charge in [0.2, 0.25) is 0 Å². The van der Waals surface area contributed by atoms with Crippen LogP contribution in [0.5, 0.6) is 11.5 Å². The van der Waals surface area contributed by atoms with Crippen LogP contribution in [0.4, 0.5) is 5.82 Å². The SMILES string of the molecule is N#Cc1ccc([C@@H](Oc2ccc3c(c2)OCCC3=O)c2ccnc(N)c2)cc1. The Hall–Kier alpha value is -3.85. The van der Waals surface area contributed by atoms with Gasteiger partial charge in [-0.1, -0.05) is 12.1 Å². The Morgan fingerprint density at radius 3 is 2.68 bits per heavy atom. The van der Waals surface area contributed by atoms with Gasteiger partial charge < -0.3 is 15.2 Å². The summed E-state index contributed by atoms with van der Waals surface area (Å²) in [4.78, 5) is 16.0. The molecule has 0 radical (unpaired) electrons. The predicted octanol–water partition coefficient (Wildman–Crippen LogP) is 3.67. The minimum Gasteiger partial charge on any atom is -0.492 e. The molecule has 0 aliphatic carbocycles. The first-order valence-electron chi connectivity index (χ1n) is 8.82. The Balaban J connectivity index is 1.71. The van der Waals surface area contributed by atoms with E-state index in [0.29, 0.717) is 41.5 Å². The van der Waals surface area contributed by atoms with Crippen molar-refractivity contribution in [2.45, 2.75) is 12.5 Å². The number of aromatic nitrogens is 1. The summed E-state index contributed by atoms with van der Waals surface area (Å²) in [5, 5.41) is 9.04. The van der Waals surface area contributed by atoms with Gasteiger partial charge in [-0.05, 0) is 42.0 Å². The molecule has 3 aromatic rings. The first-order chi connectivity index (χ1) is 13.6. The fourth-order valence-electron chi connectivity index (χ4n) is 3.14. The fraction of sp³-hybridized carbons (Fsp3) is 0.136. The topological polar surface area (TPSA) is 98.2 Å². The smallest absolute Gasteiger partial charge is 0.169 e. The number of hydrogen-bond donors (Lipinski definition) is 1. The summed E-state index contributed by atoms with van der Waals surface area (Å²) >= 11 is 0. The second-order valence-electron chi connectivity index (χ2n) is 6.43. The number of nitrogen functional groups attached to an aromatic ring is 1. The number of anilines is 1. The Bertz CT molecular complexity index is 1070. The number of nitrogens with two attached hydrogens (primary N) is 1. The molecule has 2 N–H and O–H groups in total. The first-order valence-corrected chi connectivity index (χ1v) is 8.82. The summed E-state index contributed by atoms with van der Waals surface area (Å²) in [6.45, 7) is 0.370. The van der Waals surface area contributed by atoms with Crippen LogP contribution in [0.3, 0.4) is 0 Å². The summed E-state index contributed by atoms with van der Waals surface area (Å²) in [7, 11) is 0. The minimum atomic E-state index is -0.463. The predicted molar refractivity (Wildman–Crippen MR) is 103 cm³/mol. The summed E-state index contributed by atoms with van der Waals surface area (Å²) in [5.74, 6) is 1.55. The van der Waals surface area contributed by atoms with Crippen molar-refractivity contribution in [3.05, 3.63) is 83.0 Å². The molecule has 6 heteroatoms. The third-order valence-electron chi connectivity index (χ3n) is 4.54. The van der Waals surface area contributed by atoms with Gasteiger partial charge in [-0.3, -0.25) is 4.79 Å². The average Bonchev–Trinajstić information content (AvgIpc) is 2.72. The highest BCUT2D eigenvalue weighted by molar-refractivity contribution is 5.99. The lowest BCUT2D eigenvalue weighted by molar-refractivity contribution is 0.0933. The Morgan fingerprint density at radius 1 is 1.11 bits per heavy atom. The van der Waals surface area contributed by atoms with Crippen molar-refractivity contribution in [3.8, 4) is 17.6 Å². The third kappa shape index (κ3) is 3.51. The van der Waals surface area contributed by atoms with Gasteiger partial charge >= 0.3 is 0 Å². The van der Waals surface area contributed by atoms with E-state index in [9.17, 15) is 4.79 Å². The van der Waals surface area contributed by atoms with Gasteiger partial charge in [-0.25, -0.2) is 4.98 Å². The van der Waals surface area contributed by atoms with Gasteiger partial charge in [0.1, 0.15) is 23.4 Å². The van der Waals surface area contributed by atoms with E-state index in [4.69, 9.17) is 20.5 Å². The minimum absolute atomic E-state index is 0.0679. The molecule has 6 nitrogen and oxygen atoms in total. The molecule has 1 aliphatic heterocycles. The van der Waals surface area contributed by atoms with Crippen LogP contribution >= 0.6 is 0 Å². The zero-order chi connectivity index (χ0) is 19.5. The van der Waals surface area contributed by atoms with E-state index in [1.165, 1.54) is 0 Å². The highest BCUT2D eigenvalue weighted by atomic mass is 16.5. The number of carbonyl (C=O) groups excluding carboxylic acids is 1. The summed E-state index contributed by atoms with van der Waals surface area (Å²) in [6.07, 6.45) is 1.55. The number of nitriles is 1. The molecule has 1 aromatic heterocycles. The van der Waals surface area contributed by atoms with Crippen LogP contribution < -0.4 is 15.2 Å². The number of Topliss-reactive ketones (excluding diaryl/α,β-unsaturated/α-hetero) is 1. The molecular formula is C22H17N3O3. The average molecular weight is 371 g/mol. The molecule has 1 atom stereocenters. The van der Waals surface area contributed by atoms with Crippen molar-refractivity contribution >= 4 is 11.6 Å². The van der Waals surface area contributed by atoms with E-state index in [0.717, 1.165) is 11.1 Å². The number of fused-ring (bicyclic) bond motifs is 1. The third-order valence-corrected chi connectivity index (χ3v) is 4.54. The van der Waals surface area contributed by atoms with E-state index < -0.39 is 6.10 Å². The fourth-order valence-corrected chi connectivity index (χ4v) is 3.14. The molecule has 0 fully saturated rings. The van der Waals surface area contributed by atoms with E-state index in [1.54, 1.807) is 42.6 Å². The molecule has 0 bridgehead atoms. The Kier molecular flexibility index (Phi) is 4.65. The van der Waals surface area contributed by atoms with Gasteiger partial charge in [0.05, 0.1) is 23.8 Å². The van der Waals surface area contributed by atoms with Crippen molar-refractivity contribution in [3.63, 3.8) is 0 Å². The standard InChI is InChI=1S/C22H17N3O3/c23-13-14-1-3-15(4-2-14)22(16-7-9-25-21(24)11-16)28-17-5-6-18-19(26)8-10-27-20(18)12-17/h1-7,9,11-12,22H,8,10H2,(H2,24,25)/t22-/m1/s1. The maximum Gasteiger partial charge on any atom is 0.169 e. The van der Waals surface area contributed by atoms with Gasteiger partial charge in [0.15, 0.2) is 5.78 Å². The monoisotopic (exact) mass is 371 g/mol. The number of rotatable bonds is 4. The molecule has 0 amide bonds. The van der Waals surface area contributed by atoms with Crippen LogP contribution in [-0.2, 0) is 0 Å². The lowest BCUT2D eigenvalue weighted by Crippen LogP contribution is -2.16. The van der Waals surface area contributed by atoms with Crippen molar-refractivity contribution in [2.75, 3.05) is 12.3 Å². The van der Waals surface area contributed by atoms with Crippen LogP contribution in [0.1, 0.15) is 39.6 Å². The van der Waals surface area contributed by atoms with Crippen molar-refractivity contribution in [1.29, 1.82) is 5.26 Å². The number of pyridine rings is 1. The highest BCUT2D eigenvalue weighted by Crippen LogP contribution is 2.34. The number of benzene rings is 2. The molecule has 0 saturated carbocycles. The number of ether oxygens (including phenoxy) is 2. The Morgan fingerprint density at radius 2 is 1.93 bits per heavy atom. The van der Waals surface area contributed by atoms with E-state index >= 15 is 0 Å². The molecule has 0 spiro atoms. The van der Waals surface area contributed by atoms with Gasteiger partial charge in [0.25, 0.3) is 0 Å². The Labute approximate surface area is 162 Å². The van der Waals surface area contributed by atoms with Gasteiger partial charge in [0, 0.05) is 24.2 Å². The largest absolute Gasteiger partial charge is 0.492 e. The van der Waals surface area contributed by atoms with Crippen LogP contribution in [0.2, 0.25) is 0 Å². The quantitative estimate of drug-likeness (QED) is 0.751. The summed E-state index contributed by atoms with van der Waals surface area (Å²) < 4.78 is 11.9. The second-order valence-corrected chi connectivity index (χ2v) is 6.43. The van der Waals surface area contributed by atoms with Crippen LogP contribution in [0, 0.1) is 11.3 Å².